The summed E-state index contributed by atoms with van der Waals surface area (Å²) in [6, 6.07) is 12.7. The molecule has 2 aromatic rings. The largest absolute Gasteiger partial charge is 0.265 e. The van der Waals surface area contributed by atoms with Gasteiger partial charge in [0.25, 0.3) is 0 Å². The molecule has 1 aromatic heterocycles. The van der Waals surface area contributed by atoms with Crippen LogP contribution in [0.2, 0.25) is 0 Å². The summed E-state index contributed by atoms with van der Waals surface area (Å²) < 4.78 is 0. The van der Waals surface area contributed by atoms with Gasteiger partial charge in [0.15, 0.2) is 0 Å². The average molecular weight is 237 g/mol. The van der Waals surface area contributed by atoms with Gasteiger partial charge in [-0.3, -0.25) is 4.98 Å². The lowest BCUT2D eigenvalue weighted by Gasteiger charge is -2.18. The Labute approximate surface area is 109 Å². The third-order valence-corrected chi connectivity index (χ3v) is 2.95. The number of hydrogen-bond donors (Lipinski definition) is 0. The van der Waals surface area contributed by atoms with Crippen LogP contribution in [0.1, 0.15) is 37.5 Å². The minimum absolute atomic E-state index is 0.216. The maximum Gasteiger partial charge on any atom is 0.0273 e. The van der Waals surface area contributed by atoms with Crippen LogP contribution in [0.4, 0.5) is 0 Å². The molecule has 1 heteroatoms. The predicted octanol–water partition coefficient (Wildman–Crippen LogP) is 4.55. The lowest BCUT2D eigenvalue weighted by atomic mass is 9.87. The smallest absolute Gasteiger partial charge is 0.0273 e. The highest BCUT2D eigenvalue weighted by Crippen LogP contribution is 2.22. The SMILES string of the molecule is CC(C)(C)c1ccc(/C=C/c2ccncc2)cc1. The zero-order valence-corrected chi connectivity index (χ0v) is 11.2. The van der Waals surface area contributed by atoms with Crippen molar-refractivity contribution in [1.82, 2.24) is 4.98 Å². The summed E-state index contributed by atoms with van der Waals surface area (Å²) in [7, 11) is 0. The zero-order chi connectivity index (χ0) is 13.0. The highest BCUT2D eigenvalue weighted by molar-refractivity contribution is 5.69. The molecule has 0 radical (unpaired) electrons. The van der Waals surface area contributed by atoms with Crippen molar-refractivity contribution < 1.29 is 0 Å². The first-order chi connectivity index (χ1) is 8.55. The molecule has 92 valence electrons. The van der Waals surface area contributed by atoms with Crippen LogP contribution < -0.4 is 0 Å². The number of aromatic nitrogens is 1. The number of benzene rings is 1. The standard InChI is InChI=1S/C17H19N/c1-17(2,3)16-8-6-14(7-9-16)4-5-15-10-12-18-13-11-15/h4-13H,1-3H3/b5-4+. The number of pyridine rings is 1. The molecule has 0 aliphatic rings. The van der Waals surface area contributed by atoms with Crippen molar-refractivity contribution in [3.05, 3.63) is 65.5 Å². The van der Waals surface area contributed by atoms with Crippen LogP contribution in [-0.2, 0) is 5.41 Å². The average Bonchev–Trinajstić information content (AvgIpc) is 2.37. The molecule has 1 heterocycles. The van der Waals surface area contributed by atoms with E-state index in [2.05, 4.69) is 62.2 Å². The Morgan fingerprint density at radius 1 is 0.778 bits per heavy atom. The van der Waals surface area contributed by atoms with Crippen molar-refractivity contribution in [3.8, 4) is 0 Å². The lowest BCUT2D eigenvalue weighted by Crippen LogP contribution is -2.10. The van der Waals surface area contributed by atoms with E-state index in [9.17, 15) is 0 Å². The predicted molar refractivity (Wildman–Crippen MR) is 78.3 cm³/mol. The highest BCUT2D eigenvalue weighted by atomic mass is 14.6. The van der Waals surface area contributed by atoms with Gasteiger partial charge in [0.2, 0.25) is 0 Å². The molecule has 0 saturated heterocycles. The van der Waals surface area contributed by atoms with Gasteiger partial charge in [-0.05, 0) is 34.2 Å². The summed E-state index contributed by atoms with van der Waals surface area (Å²) in [4.78, 5) is 4.01. The maximum atomic E-state index is 4.01. The summed E-state index contributed by atoms with van der Waals surface area (Å²) in [5.74, 6) is 0. The van der Waals surface area contributed by atoms with Crippen molar-refractivity contribution in [2.45, 2.75) is 26.2 Å². The van der Waals surface area contributed by atoms with Gasteiger partial charge in [0, 0.05) is 12.4 Å². The van der Waals surface area contributed by atoms with Crippen LogP contribution in [0.15, 0.2) is 48.8 Å². The third-order valence-electron chi connectivity index (χ3n) is 2.95. The summed E-state index contributed by atoms with van der Waals surface area (Å²) in [6.07, 6.45) is 7.85. The number of nitrogens with zero attached hydrogens (tertiary/aromatic N) is 1. The van der Waals surface area contributed by atoms with Gasteiger partial charge in [-0.2, -0.15) is 0 Å². The fourth-order valence-corrected chi connectivity index (χ4v) is 1.76. The van der Waals surface area contributed by atoms with Gasteiger partial charge in [0.05, 0.1) is 0 Å². The minimum atomic E-state index is 0.216. The van der Waals surface area contributed by atoms with E-state index >= 15 is 0 Å². The Bertz CT molecular complexity index is 516. The summed E-state index contributed by atoms with van der Waals surface area (Å²) in [5, 5.41) is 0. The van der Waals surface area contributed by atoms with Crippen molar-refractivity contribution in [2.75, 3.05) is 0 Å². The Hall–Kier alpha value is -1.89. The number of rotatable bonds is 2. The molecule has 0 atom stereocenters. The maximum absolute atomic E-state index is 4.01. The van der Waals surface area contributed by atoms with Crippen LogP contribution in [0.5, 0.6) is 0 Å². The number of hydrogen-bond acceptors (Lipinski definition) is 1. The molecular formula is C17H19N. The van der Waals surface area contributed by atoms with Crippen LogP contribution in [0.3, 0.4) is 0 Å². The first kappa shape index (κ1) is 12.6. The van der Waals surface area contributed by atoms with Crippen molar-refractivity contribution in [1.29, 1.82) is 0 Å². The van der Waals surface area contributed by atoms with E-state index in [0.29, 0.717) is 0 Å². The second-order valence-corrected chi connectivity index (χ2v) is 5.49. The van der Waals surface area contributed by atoms with Gasteiger partial charge in [-0.25, -0.2) is 0 Å². The zero-order valence-electron chi connectivity index (χ0n) is 11.2. The van der Waals surface area contributed by atoms with Gasteiger partial charge < -0.3 is 0 Å². The fourth-order valence-electron chi connectivity index (χ4n) is 1.76. The van der Waals surface area contributed by atoms with Gasteiger partial charge in [-0.15, -0.1) is 0 Å². The van der Waals surface area contributed by atoms with Crippen molar-refractivity contribution >= 4 is 12.2 Å². The molecule has 0 N–H and O–H groups in total. The molecule has 2 rings (SSSR count). The molecule has 1 aromatic carbocycles. The van der Waals surface area contributed by atoms with E-state index in [1.807, 2.05) is 24.5 Å². The van der Waals surface area contributed by atoms with E-state index in [4.69, 9.17) is 0 Å². The Kier molecular flexibility index (Phi) is 3.61. The molecule has 0 spiro atoms. The van der Waals surface area contributed by atoms with Crippen molar-refractivity contribution in [2.24, 2.45) is 0 Å². The Balaban J connectivity index is 2.14. The van der Waals surface area contributed by atoms with E-state index in [1.165, 1.54) is 16.7 Å². The third kappa shape index (κ3) is 3.30. The van der Waals surface area contributed by atoms with Gasteiger partial charge in [0.1, 0.15) is 0 Å². The van der Waals surface area contributed by atoms with Gasteiger partial charge in [-0.1, -0.05) is 57.2 Å². The molecule has 0 aliphatic heterocycles. The van der Waals surface area contributed by atoms with E-state index < -0.39 is 0 Å². The van der Waals surface area contributed by atoms with Crippen LogP contribution in [0.25, 0.3) is 12.2 Å². The van der Waals surface area contributed by atoms with Gasteiger partial charge >= 0.3 is 0 Å². The highest BCUT2D eigenvalue weighted by Gasteiger charge is 2.12. The molecule has 0 unspecified atom stereocenters. The molecule has 0 bridgehead atoms. The summed E-state index contributed by atoms with van der Waals surface area (Å²) >= 11 is 0. The molecule has 1 nitrogen and oxygen atoms in total. The monoisotopic (exact) mass is 237 g/mol. The minimum Gasteiger partial charge on any atom is -0.265 e. The molecule has 0 fully saturated rings. The summed E-state index contributed by atoms with van der Waals surface area (Å²) in [5.41, 5.74) is 3.97. The second-order valence-electron chi connectivity index (χ2n) is 5.49. The molecule has 18 heavy (non-hydrogen) atoms. The first-order valence-corrected chi connectivity index (χ1v) is 6.24. The molecule has 0 saturated carbocycles. The normalized spacial score (nSPS) is 11.9. The van der Waals surface area contributed by atoms with Crippen LogP contribution in [0, 0.1) is 0 Å². The molecular weight excluding hydrogens is 218 g/mol. The summed E-state index contributed by atoms with van der Waals surface area (Å²) in [6.45, 7) is 6.69. The Morgan fingerprint density at radius 3 is 1.78 bits per heavy atom. The molecule has 0 amide bonds. The van der Waals surface area contributed by atoms with E-state index in [0.717, 1.165) is 0 Å². The Morgan fingerprint density at radius 2 is 1.28 bits per heavy atom. The van der Waals surface area contributed by atoms with Crippen LogP contribution >= 0.6 is 0 Å². The van der Waals surface area contributed by atoms with Crippen LogP contribution in [-0.4, -0.2) is 4.98 Å². The second kappa shape index (κ2) is 5.18. The van der Waals surface area contributed by atoms with E-state index in [-0.39, 0.29) is 5.41 Å². The quantitative estimate of drug-likeness (QED) is 0.746. The fraction of sp³-hybridized carbons (Fsp3) is 0.235. The molecule has 0 aliphatic carbocycles. The first-order valence-electron chi connectivity index (χ1n) is 6.24. The van der Waals surface area contributed by atoms with E-state index in [1.54, 1.807) is 0 Å². The van der Waals surface area contributed by atoms with Crippen molar-refractivity contribution in [3.63, 3.8) is 0 Å². The topological polar surface area (TPSA) is 12.9 Å². The lowest BCUT2D eigenvalue weighted by molar-refractivity contribution is 0.590.